The third kappa shape index (κ3) is 4.05. The number of rotatable bonds is 7. The van der Waals surface area contributed by atoms with Gasteiger partial charge < -0.3 is 33.5 Å². The summed E-state index contributed by atoms with van der Waals surface area (Å²) in [5, 5.41) is 9.05. The van der Waals surface area contributed by atoms with E-state index in [1.165, 1.54) is 0 Å². The van der Waals surface area contributed by atoms with Crippen molar-refractivity contribution in [2.45, 2.75) is 19.1 Å². The molecule has 0 fully saturated rings. The van der Waals surface area contributed by atoms with Gasteiger partial charge in [0.05, 0.1) is 35.0 Å². The van der Waals surface area contributed by atoms with Gasteiger partial charge in [0.2, 0.25) is 11.5 Å². The van der Waals surface area contributed by atoms with E-state index >= 15 is 0 Å². The van der Waals surface area contributed by atoms with Gasteiger partial charge in [-0.25, -0.2) is 0 Å². The molecule has 1 aliphatic rings. The molecule has 1 N–H and O–H groups in total. The van der Waals surface area contributed by atoms with Crippen LogP contribution in [-0.4, -0.2) is 46.3 Å². The van der Waals surface area contributed by atoms with Crippen LogP contribution in [0, 0.1) is 0 Å². The maximum atomic E-state index is 9.05. The molecule has 0 aromatic heterocycles. The average Bonchev–Trinajstić information content (AvgIpc) is 2.75. The number of hydrogen-bond acceptors (Lipinski definition) is 7. The van der Waals surface area contributed by atoms with E-state index in [0.717, 1.165) is 11.1 Å². The third-order valence-corrected chi connectivity index (χ3v) is 4.68. The molecule has 0 saturated heterocycles. The summed E-state index contributed by atoms with van der Waals surface area (Å²) in [6.07, 6.45) is 2.74. The Morgan fingerprint density at radius 1 is 0.897 bits per heavy atom. The maximum Gasteiger partial charge on any atom is 0.204 e. The van der Waals surface area contributed by atoms with Crippen molar-refractivity contribution >= 4 is 6.08 Å². The summed E-state index contributed by atoms with van der Waals surface area (Å²) < 4.78 is 34.2. The zero-order chi connectivity index (χ0) is 21.0. The molecule has 2 aromatic carbocycles. The SMILES string of the molecule is COc1cc([C@@H]2Oc3cc(/C=C/CO)cc(OC)c3O[C@H]2C)cc(OC)c1OC. The topological polar surface area (TPSA) is 75.6 Å². The van der Waals surface area contributed by atoms with Gasteiger partial charge >= 0.3 is 0 Å². The molecule has 1 heterocycles. The van der Waals surface area contributed by atoms with Gasteiger partial charge in [0.25, 0.3) is 0 Å². The quantitative estimate of drug-likeness (QED) is 0.758. The lowest BCUT2D eigenvalue weighted by atomic mass is 10.0. The van der Waals surface area contributed by atoms with Gasteiger partial charge in [-0.1, -0.05) is 12.2 Å². The molecule has 0 aliphatic carbocycles. The Hall–Kier alpha value is -3.06. The fourth-order valence-electron chi connectivity index (χ4n) is 3.32. The summed E-state index contributed by atoms with van der Waals surface area (Å²) in [5.74, 6) is 3.27. The summed E-state index contributed by atoms with van der Waals surface area (Å²) in [7, 11) is 6.28. The van der Waals surface area contributed by atoms with Crippen molar-refractivity contribution in [3.63, 3.8) is 0 Å². The smallest absolute Gasteiger partial charge is 0.204 e. The van der Waals surface area contributed by atoms with Gasteiger partial charge in [0.15, 0.2) is 29.1 Å². The number of methoxy groups -OCH3 is 4. The number of ether oxygens (including phenoxy) is 6. The molecular formula is C22H26O7. The van der Waals surface area contributed by atoms with Crippen LogP contribution in [0.15, 0.2) is 30.3 Å². The lowest BCUT2D eigenvalue weighted by Crippen LogP contribution is -2.31. The predicted octanol–water partition coefficient (Wildman–Crippen LogP) is 3.63. The first-order chi connectivity index (χ1) is 14.1. The average molecular weight is 402 g/mol. The first kappa shape index (κ1) is 20.7. The van der Waals surface area contributed by atoms with Crippen LogP contribution in [0.3, 0.4) is 0 Å². The van der Waals surface area contributed by atoms with Crippen molar-refractivity contribution in [1.82, 2.24) is 0 Å². The van der Waals surface area contributed by atoms with Gasteiger partial charge in [-0.2, -0.15) is 0 Å². The summed E-state index contributed by atoms with van der Waals surface area (Å²) >= 11 is 0. The van der Waals surface area contributed by atoms with Crippen molar-refractivity contribution in [3.8, 4) is 34.5 Å². The minimum absolute atomic E-state index is 0.0537. The van der Waals surface area contributed by atoms with Crippen LogP contribution in [0.1, 0.15) is 24.2 Å². The molecule has 7 nitrogen and oxygen atoms in total. The Kier molecular flexibility index (Phi) is 6.39. The molecule has 7 heteroatoms. The molecular weight excluding hydrogens is 376 g/mol. The van der Waals surface area contributed by atoms with Gasteiger partial charge in [0.1, 0.15) is 6.10 Å². The fraction of sp³-hybridized carbons (Fsp3) is 0.364. The van der Waals surface area contributed by atoms with Crippen molar-refractivity contribution in [3.05, 3.63) is 41.5 Å². The minimum Gasteiger partial charge on any atom is -0.493 e. The first-order valence-electron chi connectivity index (χ1n) is 9.18. The Morgan fingerprint density at radius 2 is 1.55 bits per heavy atom. The van der Waals surface area contributed by atoms with Crippen LogP contribution < -0.4 is 28.4 Å². The highest BCUT2D eigenvalue weighted by atomic mass is 16.6. The Balaban J connectivity index is 2.04. The highest BCUT2D eigenvalue weighted by Crippen LogP contribution is 2.48. The molecule has 1 aliphatic heterocycles. The second kappa shape index (κ2) is 8.96. The van der Waals surface area contributed by atoms with Crippen molar-refractivity contribution in [1.29, 1.82) is 0 Å². The number of hydrogen-bond donors (Lipinski definition) is 1. The Morgan fingerprint density at radius 3 is 2.10 bits per heavy atom. The largest absolute Gasteiger partial charge is 0.493 e. The van der Waals surface area contributed by atoms with Crippen LogP contribution in [0.5, 0.6) is 34.5 Å². The Labute approximate surface area is 170 Å². The number of aliphatic hydroxyl groups is 1. The number of aliphatic hydroxyl groups excluding tert-OH is 1. The van der Waals surface area contributed by atoms with Crippen LogP contribution >= 0.6 is 0 Å². The second-order valence-electron chi connectivity index (χ2n) is 6.46. The highest BCUT2D eigenvalue weighted by Gasteiger charge is 2.33. The van der Waals surface area contributed by atoms with Crippen molar-refractivity contribution < 1.29 is 33.5 Å². The highest BCUT2D eigenvalue weighted by molar-refractivity contribution is 5.63. The van der Waals surface area contributed by atoms with E-state index in [0.29, 0.717) is 34.5 Å². The summed E-state index contributed by atoms with van der Waals surface area (Å²) in [6.45, 7) is 1.87. The van der Waals surface area contributed by atoms with Gasteiger partial charge in [-0.05, 0) is 36.8 Å². The van der Waals surface area contributed by atoms with Crippen molar-refractivity contribution in [2.75, 3.05) is 35.0 Å². The normalized spacial score (nSPS) is 17.9. The van der Waals surface area contributed by atoms with E-state index in [4.69, 9.17) is 33.5 Å². The minimum atomic E-state index is -0.405. The summed E-state index contributed by atoms with van der Waals surface area (Å²) in [5.41, 5.74) is 1.66. The fourth-order valence-corrected chi connectivity index (χ4v) is 3.32. The van der Waals surface area contributed by atoms with Crippen molar-refractivity contribution in [2.24, 2.45) is 0 Å². The molecule has 2 atom stereocenters. The molecule has 156 valence electrons. The molecule has 0 bridgehead atoms. The molecule has 0 amide bonds. The monoisotopic (exact) mass is 402 g/mol. The molecule has 0 unspecified atom stereocenters. The van der Waals surface area contributed by atoms with Crippen LogP contribution in [0.2, 0.25) is 0 Å². The Bertz CT molecular complexity index is 866. The summed E-state index contributed by atoms with van der Waals surface area (Å²) in [6, 6.07) is 7.38. The second-order valence-corrected chi connectivity index (χ2v) is 6.46. The number of fused-ring (bicyclic) bond motifs is 1. The van der Waals surface area contributed by atoms with Gasteiger partial charge in [-0.3, -0.25) is 0 Å². The van der Waals surface area contributed by atoms with E-state index in [1.807, 2.05) is 31.2 Å². The molecule has 0 saturated carbocycles. The van der Waals surface area contributed by atoms with Crippen LogP contribution in [0.25, 0.3) is 6.08 Å². The zero-order valence-corrected chi connectivity index (χ0v) is 17.2. The summed E-state index contributed by atoms with van der Waals surface area (Å²) in [4.78, 5) is 0. The molecule has 0 spiro atoms. The van der Waals surface area contributed by atoms with E-state index in [1.54, 1.807) is 40.6 Å². The molecule has 2 aromatic rings. The maximum absolute atomic E-state index is 9.05. The molecule has 0 radical (unpaired) electrons. The lowest BCUT2D eigenvalue weighted by molar-refractivity contribution is 0.0279. The first-order valence-corrected chi connectivity index (χ1v) is 9.18. The van der Waals surface area contributed by atoms with Crippen LogP contribution in [0.4, 0.5) is 0 Å². The standard InChI is InChI=1S/C22H26O7/c1-13-20(15-11-17(25-3)21(27-5)18(12-15)26-4)29-19-10-14(7-6-8-23)9-16(24-2)22(19)28-13/h6-7,9-13,20,23H,8H2,1-5H3/b7-6+/t13-,20+/m0/s1. The van der Waals surface area contributed by atoms with Crippen LogP contribution in [-0.2, 0) is 0 Å². The van der Waals surface area contributed by atoms with Gasteiger partial charge in [0, 0.05) is 5.56 Å². The van der Waals surface area contributed by atoms with E-state index < -0.39 is 6.10 Å². The molecule has 3 rings (SSSR count). The predicted molar refractivity (Wildman–Crippen MR) is 109 cm³/mol. The van der Waals surface area contributed by atoms with E-state index in [-0.39, 0.29) is 12.7 Å². The third-order valence-electron chi connectivity index (χ3n) is 4.68. The van der Waals surface area contributed by atoms with E-state index in [9.17, 15) is 0 Å². The lowest BCUT2D eigenvalue weighted by Gasteiger charge is -2.33. The molecule has 29 heavy (non-hydrogen) atoms. The zero-order valence-electron chi connectivity index (χ0n) is 17.2. The number of benzene rings is 2. The van der Waals surface area contributed by atoms with Gasteiger partial charge in [-0.15, -0.1) is 0 Å². The van der Waals surface area contributed by atoms with E-state index in [2.05, 4.69) is 0 Å².